The van der Waals surface area contributed by atoms with Gasteiger partial charge >= 0.3 is 5.97 Å². The number of carbonyl (C=O) groups excluding carboxylic acids is 2. The minimum atomic E-state index is -0.711. The molecular formula is C33H68N2O5. The number of hydrogen-bond donors (Lipinski definition) is 3. The van der Waals surface area contributed by atoms with Crippen molar-refractivity contribution in [3.63, 3.8) is 0 Å². The lowest BCUT2D eigenvalue weighted by molar-refractivity contribution is -0.137. The molecule has 0 rings (SSSR count). The van der Waals surface area contributed by atoms with Crippen molar-refractivity contribution in [3.8, 4) is 0 Å². The number of rotatable bonds is 23. The minimum absolute atomic E-state index is 0.192. The van der Waals surface area contributed by atoms with E-state index in [0.717, 1.165) is 77.0 Å². The van der Waals surface area contributed by atoms with Crippen LogP contribution in [-0.2, 0) is 19.1 Å². The predicted molar refractivity (Wildman–Crippen MR) is 170 cm³/mol. The molecule has 0 radical (unpaired) electrons. The third-order valence-corrected chi connectivity index (χ3v) is 7.92. The van der Waals surface area contributed by atoms with Gasteiger partial charge in [-0.05, 0) is 55.3 Å². The number of amides is 2. The van der Waals surface area contributed by atoms with Gasteiger partial charge in [0.15, 0.2) is 0 Å². The number of carboxylic acid groups (broad SMARTS) is 1. The molecule has 0 aromatic carbocycles. The van der Waals surface area contributed by atoms with Crippen molar-refractivity contribution < 1.29 is 24.2 Å². The summed E-state index contributed by atoms with van der Waals surface area (Å²) in [4.78, 5) is 31.2. The lowest BCUT2D eigenvalue weighted by atomic mass is 9.64. The second-order valence-electron chi connectivity index (χ2n) is 12.5. The normalized spacial score (nSPS) is 11.2. The average molecular weight is 573 g/mol. The molecule has 0 unspecified atom stereocenters. The standard InChI is InChI=1S/C16H32N2O2.C13H28O.C4H8O2/c1-15(2)10-6-5-7-11-16(20)18-13-9-4-3-8-12-17-14-19;1-7-12(2,3)13(4,5)10-8-9-11-14-6;1-2-3-4(5)6/h14-15H,3-13H2,1-2H3,(H,17,19)(H,18,20);7-11H2,1-6H3;2-3H2,1H3,(H,5,6). The number of carbonyl (C=O) groups is 3. The first-order valence-electron chi connectivity index (χ1n) is 16.0. The quantitative estimate of drug-likeness (QED) is 0.0846. The van der Waals surface area contributed by atoms with E-state index in [1.165, 1.54) is 38.5 Å². The topological polar surface area (TPSA) is 105 Å². The molecular weight excluding hydrogens is 504 g/mol. The van der Waals surface area contributed by atoms with Gasteiger partial charge in [0.25, 0.3) is 0 Å². The highest BCUT2D eigenvalue weighted by atomic mass is 16.5. The number of methoxy groups -OCH3 is 1. The van der Waals surface area contributed by atoms with Crippen LogP contribution in [0.3, 0.4) is 0 Å². The average Bonchev–Trinajstić information content (AvgIpc) is 2.88. The largest absolute Gasteiger partial charge is 0.481 e. The van der Waals surface area contributed by atoms with Crippen molar-refractivity contribution >= 4 is 18.3 Å². The molecule has 0 atom stereocenters. The van der Waals surface area contributed by atoms with Gasteiger partial charge in [-0.3, -0.25) is 14.4 Å². The maximum Gasteiger partial charge on any atom is 0.303 e. The Morgan fingerprint density at radius 2 is 1.43 bits per heavy atom. The fourth-order valence-corrected chi connectivity index (χ4v) is 3.94. The molecule has 0 fully saturated rings. The molecule has 0 saturated heterocycles. The summed E-state index contributed by atoms with van der Waals surface area (Å²) in [5, 5.41) is 13.5. The smallest absolute Gasteiger partial charge is 0.303 e. The van der Waals surface area contributed by atoms with Crippen molar-refractivity contribution in [1.82, 2.24) is 10.6 Å². The van der Waals surface area contributed by atoms with Crippen LogP contribution >= 0.6 is 0 Å². The van der Waals surface area contributed by atoms with E-state index in [-0.39, 0.29) is 5.91 Å². The van der Waals surface area contributed by atoms with Crippen LogP contribution in [0.2, 0.25) is 0 Å². The molecule has 0 heterocycles. The summed E-state index contributed by atoms with van der Waals surface area (Å²) in [6, 6.07) is 0. The lowest BCUT2D eigenvalue weighted by Crippen LogP contribution is -2.31. The summed E-state index contributed by atoms with van der Waals surface area (Å²) in [6.45, 7) is 20.6. The molecule has 0 bridgehead atoms. The van der Waals surface area contributed by atoms with Crippen LogP contribution < -0.4 is 10.6 Å². The van der Waals surface area contributed by atoms with Gasteiger partial charge in [0.05, 0.1) is 0 Å². The van der Waals surface area contributed by atoms with E-state index >= 15 is 0 Å². The zero-order valence-corrected chi connectivity index (χ0v) is 28.0. The maximum atomic E-state index is 11.6. The number of carboxylic acids is 1. The SMILES string of the molecule is CC(C)CCCCCC(=O)NCCCCCCNC=O.CCC(C)(C)C(C)(C)CCCCOC.CCCC(=O)O. The molecule has 3 N–H and O–H groups in total. The first-order valence-corrected chi connectivity index (χ1v) is 16.0. The van der Waals surface area contributed by atoms with Crippen molar-refractivity contribution in [1.29, 1.82) is 0 Å². The number of unbranched alkanes of at least 4 members (excludes halogenated alkanes) is 6. The van der Waals surface area contributed by atoms with Gasteiger partial charge < -0.3 is 20.5 Å². The summed E-state index contributed by atoms with van der Waals surface area (Å²) >= 11 is 0. The number of hydrogen-bond acceptors (Lipinski definition) is 4. The fraction of sp³-hybridized carbons (Fsp3) is 0.909. The van der Waals surface area contributed by atoms with Crippen LogP contribution in [0.4, 0.5) is 0 Å². The predicted octanol–water partition coefficient (Wildman–Crippen LogP) is 8.15. The van der Waals surface area contributed by atoms with E-state index in [1.54, 1.807) is 7.11 Å². The molecule has 40 heavy (non-hydrogen) atoms. The summed E-state index contributed by atoms with van der Waals surface area (Å²) < 4.78 is 5.07. The van der Waals surface area contributed by atoms with Gasteiger partial charge in [-0.25, -0.2) is 0 Å². The van der Waals surface area contributed by atoms with Crippen LogP contribution in [-0.4, -0.2) is 50.2 Å². The number of nitrogens with one attached hydrogen (secondary N) is 2. The zero-order valence-electron chi connectivity index (χ0n) is 28.0. The summed E-state index contributed by atoms with van der Waals surface area (Å²) in [5.41, 5.74) is 0.884. The molecule has 2 amide bonds. The van der Waals surface area contributed by atoms with Crippen LogP contribution in [0.25, 0.3) is 0 Å². The van der Waals surface area contributed by atoms with Crippen molar-refractivity contribution in [2.45, 2.75) is 152 Å². The first kappa shape index (κ1) is 42.8. The number of ether oxygens (including phenoxy) is 1. The third-order valence-electron chi connectivity index (χ3n) is 7.92. The minimum Gasteiger partial charge on any atom is -0.481 e. The van der Waals surface area contributed by atoms with E-state index in [2.05, 4.69) is 59.1 Å². The molecule has 7 nitrogen and oxygen atoms in total. The van der Waals surface area contributed by atoms with E-state index in [0.29, 0.717) is 23.7 Å². The summed E-state index contributed by atoms with van der Waals surface area (Å²) in [6.07, 6.45) is 16.4. The van der Waals surface area contributed by atoms with Gasteiger partial charge in [0.1, 0.15) is 0 Å². The lowest BCUT2D eigenvalue weighted by Gasteiger charge is -2.41. The van der Waals surface area contributed by atoms with E-state index in [4.69, 9.17) is 9.84 Å². The second kappa shape index (κ2) is 28.9. The zero-order chi connectivity index (χ0) is 31.3. The Bertz CT molecular complexity index is 591. The molecule has 0 saturated carbocycles. The highest BCUT2D eigenvalue weighted by Gasteiger charge is 2.34. The second-order valence-corrected chi connectivity index (χ2v) is 12.5. The van der Waals surface area contributed by atoms with Crippen LogP contribution in [0, 0.1) is 16.7 Å². The molecule has 0 aliphatic heterocycles. The van der Waals surface area contributed by atoms with Gasteiger partial charge in [0, 0.05) is 39.6 Å². The Kier molecular flexibility index (Phi) is 30.9. The Morgan fingerprint density at radius 1 is 0.825 bits per heavy atom. The van der Waals surface area contributed by atoms with Crippen molar-refractivity contribution in [3.05, 3.63) is 0 Å². The maximum absolute atomic E-state index is 11.6. The van der Waals surface area contributed by atoms with Crippen molar-refractivity contribution in [2.24, 2.45) is 16.7 Å². The van der Waals surface area contributed by atoms with Crippen LogP contribution in [0.5, 0.6) is 0 Å². The monoisotopic (exact) mass is 573 g/mol. The van der Waals surface area contributed by atoms with E-state index in [1.807, 2.05) is 6.92 Å². The van der Waals surface area contributed by atoms with Gasteiger partial charge in [-0.2, -0.15) is 0 Å². The summed E-state index contributed by atoms with van der Waals surface area (Å²) in [5.74, 6) is 0.250. The molecule has 0 aliphatic carbocycles. The molecule has 0 aromatic rings. The highest BCUT2D eigenvalue weighted by Crippen LogP contribution is 2.44. The van der Waals surface area contributed by atoms with E-state index in [9.17, 15) is 14.4 Å². The van der Waals surface area contributed by atoms with Crippen LogP contribution in [0.1, 0.15) is 152 Å². The van der Waals surface area contributed by atoms with Gasteiger partial charge in [-0.15, -0.1) is 0 Å². The first-order chi connectivity index (χ1) is 18.8. The highest BCUT2D eigenvalue weighted by molar-refractivity contribution is 5.75. The van der Waals surface area contributed by atoms with Gasteiger partial charge in [0.2, 0.25) is 12.3 Å². The molecule has 0 spiro atoms. The molecule has 240 valence electrons. The Hall–Kier alpha value is -1.63. The Morgan fingerprint density at radius 3 is 1.90 bits per heavy atom. The fourth-order valence-electron chi connectivity index (χ4n) is 3.94. The summed E-state index contributed by atoms with van der Waals surface area (Å²) in [7, 11) is 1.78. The molecule has 0 aliphatic rings. The molecule has 7 heteroatoms. The Labute approximate surface area is 248 Å². The molecule has 0 aromatic heterocycles. The van der Waals surface area contributed by atoms with Crippen molar-refractivity contribution in [2.75, 3.05) is 26.8 Å². The number of aliphatic carboxylic acids is 1. The Balaban J connectivity index is -0.000000591. The van der Waals surface area contributed by atoms with E-state index < -0.39 is 5.97 Å². The van der Waals surface area contributed by atoms with Crippen LogP contribution in [0.15, 0.2) is 0 Å². The van der Waals surface area contributed by atoms with Gasteiger partial charge in [-0.1, -0.05) is 100 Å². The third kappa shape index (κ3) is 30.9.